The minimum Gasteiger partial charge on any atom is -0.486 e. The zero-order chi connectivity index (χ0) is 25.2. The van der Waals surface area contributed by atoms with Crippen LogP contribution < -0.4 is 9.04 Å². The van der Waals surface area contributed by atoms with Crippen LogP contribution in [0.4, 0.5) is 10.1 Å². The van der Waals surface area contributed by atoms with Crippen LogP contribution >= 0.6 is 11.6 Å². The number of halogens is 2. The van der Waals surface area contributed by atoms with Crippen LogP contribution in [-0.2, 0) is 14.8 Å². The van der Waals surface area contributed by atoms with Crippen LogP contribution in [0.1, 0.15) is 29.5 Å². The van der Waals surface area contributed by atoms with Gasteiger partial charge in [0, 0.05) is 17.0 Å². The van der Waals surface area contributed by atoms with Gasteiger partial charge in [0.25, 0.3) is 10.0 Å². The summed E-state index contributed by atoms with van der Waals surface area (Å²) >= 11 is 5.81. The molecule has 6 nitrogen and oxygen atoms in total. The Bertz CT molecular complexity index is 1410. The summed E-state index contributed by atoms with van der Waals surface area (Å²) in [6, 6.07) is 16.0. The Morgan fingerprint density at radius 2 is 1.97 bits per heavy atom. The molecule has 0 spiro atoms. The topological polar surface area (TPSA) is 83.9 Å². The van der Waals surface area contributed by atoms with Gasteiger partial charge in [-0.05, 0) is 60.9 Å². The summed E-state index contributed by atoms with van der Waals surface area (Å²) in [7, 11) is -3.96. The molecule has 0 aliphatic carbocycles. The van der Waals surface area contributed by atoms with Gasteiger partial charge in [0.1, 0.15) is 17.7 Å². The van der Waals surface area contributed by atoms with Crippen LogP contribution in [0, 0.1) is 12.7 Å². The Balaban J connectivity index is 1.73. The van der Waals surface area contributed by atoms with Gasteiger partial charge in [-0.15, -0.1) is 0 Å². The number of carboxylic acids is 1. The van der Waals surface area contributed by atoms with Gasteiger partial charge in [0.2, 0.25) is 0 Å². The first-order valence-electron chi connectivity index (χ1n) is 10.9. The van der Waals surface area contributed by atoms with Gasteiger partial charge in [-0.2, -0.15) is 0 Å². The molecule has 1 heterocycles. The van der Waals surface area contributed by atoms with E-state index in [4.69, 9.17) is 21.4 Å². The van der Waals surface area contributed by atoms with Crippen molar-refractivity contribution in [1.82, 2.24) is 0 Å². The van der Waals surface area contributed by atoms with E-state index in [0.29, 0.717) is 27.6 Å². The maximum atomic E-state index is 14.2. The van der Waals surface area contributed by atoms with Crippen molar-refractivity contribution in [3.05, 3.63) is 88.2 Å². The van der Waals surface area contributed by atoms with Crippen LogP contribution in [0.15, 0.2) is 65.6 Å². The van der Waals surface area contributed by atoms with E-state index in [1.54, 1.807) is 67.6 Å². The summed E-state index contributed by atoms with van der Waals surface area (Å²) in [5.74, 6) is -1.12. The number of carboxylic acid groups (broad SMARTS) is 1. The van der Waals surface area contributed by atoms with Crippen molar-refractivity contribution in [3.63, 3.8) is 0 Å². The number of hydrogen-bond acceptors (Lipinski definition) is 4. The third-order valence-corrected chi connectivity index (χ3v) is 7.60. The molecule has 0 radical (unpaired) electrons. The van der Waals surface area contributed by atoms with E-state index in [1.807, 2.05) is 0 Å². The maximum Gasteiger partial charge on any atom is 0.303 e. The number of aliphatic carboxylic acids is 1. The Labute approximate surface area is 208 Å². The molecule has 3 aromatic carbocycles. The lowest BCUT2D eigenvalue weighted by atomic mass is 10.1. The van der Waals surface area contributed by atoms with E-state index >= 15 is 0 Å². The summed E-state index contributed by atoms with van der Waals surface area (Å²) in [6.07, 6.45) is 2.63. The highest BCUT2D eigenvalue weighted by atomic mass is 35.5. The van der Waals surface area contributed by atoms with Crippen molar-refractivity contribution in [1.29, 1.82) is 0 Å². The summed E-state index contributed by atoms with van der Waals surface area (Å²) in [6.45, 7) is 1.77. The smallest absolute Gasteiger partial charge is 0.303 e. The van der Waals surface area contributed by atoms with Gasteiger partial charge in [0.05, 0.1) is 17.1 Å². The molecular formula is C26H23ClFNO5S. The molecule has 4 rings (SSSR count). The lowest BCUT2D eigenvalue weighted by Gasteiger charge is -2.35. The van der Waals surface area contributed by atoms with Crippen molar-refractivity contribution in [2.45, 2.75) is 30.8 Å². The van der Waals surface area contributed by atoms with Crippen molar-refractivity contribution in [2.75, 3.05) is 10.8 Å². The molecule has 182 valence electrons. The Hall–Kier alpha value is -3.36. The molecule has 0 aromatic heterocycles. The highest BCUT2D eigenvalue weighted by molar-refractivity contribution is 7.92. The van der Waals surface area contributed by atoms with Crippen molar-refractivity contribution in [3.8, 4) is 5.75 Å². The average molecular weight is 516 g/mol. The molecule has 0 unspecified atom stereocenters. The second kappa shape index (κ2) is 10.1. The standard InChI is InChI=1S/C26H23ClFNO5S/c1-17-3-2-4-22(13-17)35(32,33)29-16-21(10-12-26(30)31)34-25-11-6-18(14-24(25)29)5-7-19-8-9-20(27)15-23(19)28/h2-9,11,13-15,21H,10,12,16H2,1H3,(H,30,31)/b7-5+/t21-/m0/s1. The van der Waals surface area contributed by atoms with Crippen LogP contribution in [0.5, 0.6) is 5.75 Å². The zero-order valence-corrected chi connectivity index (χ0v) is 20.4. The third-order valence-electron chi connectivity index (χ3n) is 5.59. The largest absolute Gasteiger partial charge is 0.486 e. The lowest BCUT2D eigenvalue weighted by Crippen LogP contribution is -2.43. The first-order chi connectivity index (χ1) is 16.6. The fourth-order valence-corrected chi connectivity index (χ4v) is 5.58. The quantitative estimate of drug-likeness (QED) is 0.403. The summed E-state index contributed by atoms with van der Waals surface area (Å²) in [5.41, 5.74) is 2.09. The average Bonchev–Trinajstić information content (AvgIpc) is 2.81. The van der Waals surface area contributed by atoms with E-state index in [0.717, 1.165) is 5.56 Å². The monoisotopic (exact) mass is 515 g/mol. The first-order valence-corrected chi connectivity index (χ1v) is 12.7. The maximum absolute atomic E-state index is 14.2. The van der Waals surface area contributed by atoms with E-state index in [9.17, 15) is 17.6 Å². The van der Waals surface area contributed by atoms with Crippen molar-refractivity contribution >= 4 is 45.4 Å². The Morgan fingerprint density at radius 1 is 1.17 bits per heavy atom. The number of ether oxygens (including phenoxy) is 1. The molecule has 0 bridgehead atoms. The normalized spacial score (nSPS) is 15.6. The number of nitrogens with zero attached hydrogens (tertiary/aromatic N) is 1. The van der Waals surface area contributed by atoms with Gasteiger partial charge < -0.3 is 9.84 Å². The summed E-state index contributed by atoms with van der Waals surface area (Å²) < 4.78 is 48.6. The molecule has 1 N–H and O–H groups in total. The van der Waals surface area contributed by atoms with Crippen molar-refractivity contribution in [2.24, 2.45) is 0 Å². The number of fused-ring (bicyclic) bond motifs is 1. The van der Waals surface area contributed by atoms with E-state index in [-0.39, 0.29) is 24.3 Å². The third kappa shape index (κ3) is 5.66. The SMILES string of the molecule is Cc1cccc(S(=O)(=O)N2C[C@H](CCC(=O)O)Oc3ccc(/C=C/c4ccc(Cl)cc4F)cc32)c1. The molecular weight excluding hydrogens is 493 g/mol. The van der Waals surface area contributed by atoms with Gasteiger partial charge in [-0.3, -0.25) is 9.10 Å². The molecule has 1 atom stereocenters. The molecule has 0 amide bonds. The molecule has 0 saturated heterocycles. The number of benzene rings is 3. The minimum atomic E-state index is -3.96. The predicted molar refractivity (Wildman–Crippen MR) is 134 cm³/mol. The Kier molecular flexibility index (Phi) is 7.14. The minimum absolute atomic E-state index is 0.0322. The molecule has 0 saturated carbocycles. The molecule has 0 fully saturated rings. The predicted octanol–water partition coefficient (Wildman–Crippen LogP) is 5.78. The number of carbonyl (C=O) groups is 1. The molecule has 9 heteroatoms. The van der Waals surface area contributed by atoms with E-state index in [1.165, 1.54) is 16.4 Å². The molecule has 35 heavy (non-hydrogen) atoms. The van der Waals surface area contributed by atoms with Crippen molar-refractivity contribution < 1.29 is 27.4 Å². The number of rotatable bonds is 7. The van der Waals surface area contributed by atoms with Crippen LogP contribution in [-0.4, -0.2) is 32.1 Å². The van der Waals surface area contributed by atoms with Crippen LogP contribution in [0.25, 0.3) is 12.2 Å². The zero-order valence-electron chi connectivity index (χ0n) is 18.8. The van der Waals surface area contributed by atoms with Crippen LogP contribution in [0.3, 0.4) is 0 Å². The number of sulfonamides is 1. The Morgan fingerprint density at radius 3 is 2.69 bits per heavy atom. The van der Waals surface area contributed by atoms with E-state index in [2.05, 4.69) is 0 Å². The fourth-order valence-electron chi connectivity index (χ4n) is 3.82. The first kappa shape index (κ1) is 24.8. The van der Waals surface area contributed by atoms with Gasteiger partial charge >= 0.3 is 5.97 Å². The molecule has 3 aromatic rings. The van der Waals surface area contributed by atoms with Crippen LogP contribution in [0.2, 0.25) is 5.02 Å². The summed E-state index contributed by atoms with van der Waals surface area (Å²) in [4.78, 5) is 11.2. The molecule has 1 aliphatic rings. The number of aryl methyl sites for hydroxylation is 1. The lowest BCUT2D eigenvalue weighted by molar-refractivity contribution is -0.137. The summed E-state index contributed by atoms with van der Waals surface area (Å²) in [5, 5.41) is 9.36. The second-order valence-electron chi connectivity index (χ2n) is 8.25. The van der Waals surface area contributed by atoms with Gasteiger partial charge in [-0.25, -0.2) is 12.8 Å². The van der Waals surface area contributed by atoms with Gasteiger partial charge in [0.15, 0.2) is 0 Å². The number of hydrogen-bond donors (Lipinski definition) is 1. The second-order valence-corrected chi connectivity index (χ2v) is 10.5. The highest BCUT2D eigenvalue weighted by Gasteiger charge is 2.34. The number of anilines is 1. The fraction of sp³-hybridized carbons (Fsp3) is 0.192. The highest BCUT2D eigenvalue weighted by Crippen LogP contribution is 2.39. The van der Waals surface area contributed by atoms with Gasteiger partial charge in [-0.1, -0.05) is 48.0 Å². The van der Waals surface area contributed by atoms with E-state index < -0.39 is 27.9 Å². The molecule has 1 aliphatic heterocycles.